The number of thiophene rings is 2. The quantitative estimate of drug-likeness (QED) is 0.584. The summed E-state index contributed by atoms with van der Waals surface area (Å²) in [5.41, 5.74) is 1.12. The number of carbonyl (C=O) groups is 2. The summed E-state index contributed by atoms with van der Waals surface area (Å²) in [6, 6.07) is 14.9. The Morgan fingerprint density at radius 3 is 2.53 bits per heavy atom. The molecule has 0 radical (unpaired) electrons. The first-order valence-corrected chi connectivity index (χ1v) is 11.5. The van der Waals surface area contributed by atoms with Crippen LogP contribution in [0.15, 0.2) is 59.3 Å². The van der Waals surface area contributed by atoms with Crippen molar-refractivity contribution in [3.05, 3.63) is 74.6 Å². The van der Waals surface area contributed by atoms with Crippen LogP contribution in [0.5, 0.6) is 0 Å². The Morgan fingerprint density at radius 1 is 1.00 bits per heavy atom. The Balaban J connectivity index is 1.40. The highest BCUT2D eigenvalue weighted by Crippen LogP contribution is 2.25. The fourth-order valence-electron chi connectivity index (χ4n) is 3.41. The maximum Gasteiger partial charge on any atom is 0.265 e. The van der Waals surface area contributed by atoms with E-state index in [1.807, 2.05) is 17.5 Å². The summed E-state index contributed by atoms with van der Waals surface area (Å²) in [5.74, 6) is -0.329. The van der Waals surface area contributed by atoms with Gasteiger partial charge in [-0.1, -0.05) is 18.2 Å². The number of amides is 2. The maximum atomic E-state index is 12.8. The summed E-state index contributed by atoms with van der Waals surface area (Å²) in [6.45, 7) is 3.64. The average molecular weight is 442 g/mol. The van der Waals surface area contributed by atoms with Crippen molar-refractivity contribution in [1.29, 1.82) is 0 Å². The topological polar surface area (TPSA) is 70.7 Å². The highest BCUT2D eigenvalue weighted by molar-refractivity contribution is 7.12. The lowest BCUT2D eigenvalue weighted by Crippen LogP contribution is -2.43. The summed E-state index contributed by atoms with van der Waals surface area (Å²) in [4.78, 5) is 29.3. The number of hydrogen-bond acceptors (Lipinski definition) is 6. The van der Waals surface area contributed by atoms with Crippen LogP contribution in [0, 0.1) is 0 Å². The van der Waals surface area contributed by atoms with Crippen LogP contribution in [0.1, 0.15) is 30.9 Å². The van der Waals surface area contributed by atoms with Crippen LogP contribution in [0.3, 0.4) is 0 Å². The third kappa shape index (κ3) is 5.14. The minimum absolute atomic E-state index is 0.125. The van der Waals surface area contributed by atoms with Crippen LogP contribution in [0.25, 0.3) is 0 Å². The molecule has 0 aliphatic carbocycles. The van der Waals surface area contributed by atoms with E-state index in [2.05, 4.69) is 27.0 Å². The number of morpholine rings is 1. The molecule has 1 atom stereocenters. The number of benzene rings is 1. The Kier molecular flexibility index (Phi) is 6.91. The molecule has 156 valence electrons. The van der Waals surface area contributed by atoms with Gasteiger partial charge in [0.2, 0.25) is 0 Å². The molecule has 30 heavy (non-hydrogen) atoms. The van der Waals surface area contributed by atoms with Gasteiger partial charge in [-0.25, -0.2) is 0 Å². The molecular formula is C22H23N3O3S2. The molecule has 2 N–H and O–H groups in total. The molecule has 0 bridgehead atoms. The van der Waals surface area contributed by atoms with Crippen LogP contribution in [0.4, 0.5) is 5.69 Å². The molecular weight excluding hydrogens is 418 g/mol. The van der Waals surface area contributed by atoms with Crippen molar-refractivity contribution in [2.45, 2.75) is 6.04 Å². The lowest BCUT2D eigenvalue weighted by Gasteiger charge is -2.34. The Bertz CT molecular complexity index is 967. The molecule has 1 saturated heterocycles. The van der Waals surface area contributed by atoms with E-state index in [-0.39, 0.29) is 17.9 Å². The number of hydrogen-bond donors (Lipinski definition) is 2. The highest BCUT2D eigenvalue weighted by atomic mass is 32.1. The van der Waals surface area contributed by atoms with Crippen molar-refractivity contribution in [2.24, 2.45) is 0 Å². The van der Waals surface area contributed by atoms with E-state index >= 15 is 0 Å². The molecule has 0 unspecified atom stereocenters. The standard InChI is InChI=1S/C22H23N3O3S2/c26-21(16-4-1-5-17(14-16)24-22(27)20-7-3-13-30-20)23-15-18(19-6-2-12-29-19)25-8-10-28-11-9-25/h1-7,12-14,18H,8-11,15H2,(H,23,26)(H,24,27)/t18-/m0/s1. The number of rotatable bonds is 7. The molecule has 1 aromatic carbocycles. The summed E-state index contributed by atoms with van der Waals surface area (Å²) >= 11 is 3.08. The van der Waals surface area contributed by atoms with Crippen molar-refractivity contribution < 1.29 is 14.3 Å². The first kappa shape index (κ1) is 20.7. The largest absolute Gasteiger partial charge is 0.379 e. The zero-order chi connectivity index (χ0) is 20.8. The van der Waals surface area contributed by atoms with Gasteiger partial charge in [-0.3, -0.25) is 14.5 Å². The third-order valence-corrected chi connectivity index (χ3v) is 6.78. The fraction of sp³-hybridized carbons (Fsp3) is 0.273. The van der Waals surface area contributed by atoms with Gasteiger partial charge < -0.3 is 15.4 Å². The minimum Gasteiger partial charge on any atom is -0.379 e. The monoisotopic (exact) mass is 441 g/mol. The normalized spacial score (nSPS) is 15.5. The lowest BCUT2D eigenvalue weighted by atomic mass is 10.1. The van der Waals surface area contributed by atoms with Gasteiger partial charge in [-0.2, -0.15) is 0 Å². The van der Waals surface area contributed by atoms with Crippen molar-refractivity contribution in [2.75, 3.05) is 38.2 Å². The van der Waals surface area contributed by atoms with Crippen LogP contribution >= 0.6 is 22.7 Å². The molecule has 1 aliphatic rings. The van der Waals surface area contributed by atoms with Crippen LogP contribution < -0.4 is 10.6 Å². The van der Waals surface area contributed by atoms with E-state index in [0.29, 0.717) is 35.9 Å². The molecule has 2 aromatic heterocycles. The van der Waals surface area contributed by atoms with Gasteiger partial charge in [0.15, 0.2) is 0 Å². The number of anilines is 1. The van der Waals surface area contributed by atoms with Crippen molar-refractivity contribution in [1.82, 2.24) is 10.2 Å². The zero-order valence-electron chi connectivity index (χ0n) is 16.4. The summed E-state index contributed by atoms with van der Waals surface area (Å²) < 4.78 is 5.47. The Labute approximate surface area is 183 Å². The van der Waals surface area contributed by atoms with Gasteiger partial charge >= 0.3 is 0 Å². The Morgan fingerprint density at radius 2 is 1.80 bits per heavy atom. The smallest absolute Gasteiger partial charge is 0.265 e. The predicted octanol–water partition coefficient (Wildman–Crippen LogP) is 3.87. The van der Waals surface area contributed by atoms with Gasteiger partial charge in [0.05, 0.1) is 24.1 Å². The number of ether oxygens (including phenoxy) is 1. The van der Waals surface area contributed by atoms with E-state index in [9.17, 15) is 9.59 Å². The zero-order valence-corrected chi connectivity index (χ0v) is 18.0. The number of carbonyl (C=O) groups excluding carboxylic acids is 2. The predicted molar refractivity (Wildman–Crippen MR) is 120 cm³/mol. The van der Waals surface area contributed by atoms with E-state index in [1.54, 1.807) is 41.7 Å². The molecule has 8 heteroatoms. The second-order valence-electron chi connectivity index (χ2n) is 6.90. The average Bonchev–Trinajstić information content (AvgIpc) is 3.49. The van der Waals surface area contributed by atoms with Crippen molar-refractivity contribution in [3.63, 3.8) is 0 Å². The van der Waals surface area contributed by atoms with Gasteiger partial charge in [-0.15, -0.1) is 22.7 Å². The fourth-order valence-corrected chi connectivity index (χ4v) is 4.89. The molecule has 2 amide bonds. The molecule has 3 aromatic rings. The van der Waals surface area contributed by atoms with E-state index < -0.39 is 0 Å². The van der Waals surface area contributed by atoms with Gasteiger partial charge in [0.25, 0.3) is 11.8 Å². The van der Waals surface area contributed by atoms with Crippen molar-refractivity contribution >= 4 is 40.2 Å². The second-order valence-corrected chi connectivity index (χ2v) is 8.83. The first-order valence-electron chi connectivity index (χ1n) is 9.79. The summed E-state index contributed by atoms with van der Waals surface area (Å²) in [5, 5.41) is 9.84. The SMILES string of the molecule is O=C(NC[C@@H](c1cccs1)N1CCOCC1)c1cccc(NC(=O)c2cccs2)c1. The molecule has 3 heterocycles. The van der Waals surface area contributed by atoms with E-state index in [4.69, 9.17) is 4.74 Å². The first-order chi connectivity index (χ1) is 14.7. The summed E-state index contributed by atoms with van der Waals surface area (Å²) in [6.07, 6.45) is 0. The molecule has 0 spiro atoms. The number of nitrogens with one attached hydrogen (secondary N) is 2. The molecule has 4 rings (SSSR count). The van der Waals surface area contributed by atoms with Gasteiger partial charge in [0, 0.05) is 35.8 Å². The van der Waals surface area contributed by atoms with Crippen LogP contribution in [-0.4, -0.2) is 49.6 Å². The third-order valence-electron chi connectivity index (χ3n) is 4.94. The molecule has 6 nitrogen and oxygen atoms in total. The lowest BCUT2D eigenvalue weighted by molar-refractivity contribution is 0.0169. The van der Waals surface area contributed by atoms with E-state index in [1.165, 1.54) is 16.2 Å². The van der Waals surface area contributed by atoms with Gasteiger partial charge in [0.1, 0.15) is 0 Å². The molecule has 1 aliphatic heterocycles. The Hall–Kier alpha value is -2.52. The van der Waals surface area contributed by atoms with Crippen molar-refractivity contribution in [3.8, 4) is 0 Å². The molecule has 0 saturated carbocycles. The van der Waals surface area contributed by atoms with Gasteiger partial charge in [-0.05, 0) is 41.1 Å². The minimum atomic E-state index is -0.173. The van der Waals surface area contributed by atoms with Crippen LogP contribution in [-0.2, 0) is 4.74 Å². The number of nitrogens with zero attached hydrogens (tertiary/aromatic N) is 1. The van der Waals surface area contributed by atoms with Crippen LogP contribution in [0.2, 0.25) is 0 Å². The van der Waals surface area contributed by atoms with E-state index in [0.717, 1.165) is 13.1 Å². The summed E-state index contributed by atoms with van der Waals surface area (Å²) in [7, 11) is 0. The highest BCUT2D eigenvalue weighted by Gasteiger charge is 2.24. The molecule has 1 fully saturated rings. The second kappa shape index (κ2) is 9.99. The maximum absolute atomic E-state index is 12.8.